The fourth-order valence-electron chi connectivity index (χ4n) is 2.21. The molecule has 2 rings (SSSR count). The first kappa shape index (κ1) is 15.3. The summed E-state index contributed by atoms with van der Waals surface area (Å²) in [6.45, 7) is 2.28. The Morgan fingerprint density at radius 3 is 3.00 bits per heavy atom. The van der Waals surface area contributed by atoms with Crippen LogP contribution < -0.4 is 15.4 Å². The molecule has 6 heteroatoms. The summed E-state index contributed by atoms with van der Waals surface area (Å²) in [6.07, 6.45) is 1.17. The van der Waals surface area contributed by atoms with Crippen LogP contribution in [0.25, 0.3) is 0 Å². The van der Waals surface area contributed by atoms with Crippen LogP contribution in [-0.4, -0.2) is 38.2 Å². The lowest BCUT2D eigenvalue weighted by Gasteiger charge is -2.18. The summed E-state index contributed by atoms with van der Waals surface area (Å²) in [4.78, 5) is 23.0. The van der Waals surface area contributed by atoms with Gasteiger partial charge in [0, 0.05) is 25.3 Å². The van der Waals surface area contributed by atoms with Gasteiger partial charge in [0.15, 0.2) is 6.61 Å². The molecule has 0 spiro atoms. The van der Waals surface area contributed by atoms with Crippen molar-refractivity contribution in [1.82, 2.24) is 5.32 Å². The molecule has 1 aromatic rings. The van der Waals surface area contributed by atoms with Gasteiger partial charge in [-0.15, -0.1) is 0 Å². The molecule has 1 atom stereocenters. The summed E-state index contributed by atoms with van der Waals surface area (Å²) in [6, 6.07) is 5.36. The second-order valence-electron chi connectivity index (χ2n) is 5.08. The van der Waals surface area contributed by atoms with Gasteiger partial charge in [-0.25, -0.2) is 0 Å². The number of amides is 2. The second kappa shape index (κ2) is 7.08. The Kier molecular flexibility index (Phi) is 5.16. The minimum Gasteiger partial charge on any atom is -0.484 e. The molecular formula is C15H20N2O4. The van der Waals surface area contributed by atoms with Crippen LogP contribution >= 0.6 is 0 Å². The maximum Gasteiger partial charge on any atom is 0.258 e. The van der Waals surface area contributed by atoms with Gasteiger partial charge in [0.25, 0.3) is 5.91 Å². The van der Waals surface area contributed by atoms with Gasteiger partial charge in [-0.2, -0.15) is 0 Å². The van der Waals surface area contributed by atoms with Gasteiger partial charge < -0.3 is 20.1 Å². The highest BCUT2D eigenvalue weighted by Gasteiger charge is 2.15. The molecule has 0 saturated carbocycles. The van der Waals surface area contributed by atoms with Crippen molar-refractivity contribution < 1.29 is 19.1 Å². The Balaban J connectivity index is 1.86. The molecule has 0 radical (unpaired) electrons. The van der Waals surface area contributed by atoms with Gasteiger partial charge in [-0.1, -0.05) is 0 Å². The molecule has 0 unspecified atom stereocenters. The van der Waals surface area contributed by atoms with Gasteiger partial charge in [-0.05, 0) is 37.1 Å². The molecule has 6 nitrogen and oxygen atoms in total. The van der Waals surface area contributed by atoms with Gasteiger partial charge >= 0.3 is 0 Å². The van der Waals surface area contributed by atoms with Crippen molar-refractivity contribution in [3.63, 3.8) is 0 Å². The van der Waals surface area contributed by atoms with Crippen LogP contribution in [0.15, 0.2) is 18.2 Å². The Morgan fingerprint density at radius 2 is 2.24 bits per heavy atom. The van der Waals surface area contributed by atoms with Crippen LogP contribution in [0.1, 0.15) is 18.9 Å². The Bertz CT molecular complexity index is 530. The number of nitrogens with one attached hydrogen (secondary N) is 2. The van der Waals surface area contributed by atoms with E-state index in [-0.39, 0.29) is 24.5 Å². The van der Waals surface area contributed by atoms with Gasteiger partial charge in [0.05, 0.1) is 6.61 Å². The maximum atomic E-state index is 11.7. The predicted molar refractivity (Wildman–Crippen MR) is 78.4 cm³/mol. The van der Waals surface area contributed by atoms with Crippen LogP contribution in [0.2, 0.25) is 0 Å². The number of rotatable bonds is 6. The summed E-state index contributed by atoms with van der Waals surface area (Å²) in [5, 5.41) is 5.58. The number of carbonyl (C=O) groups excluding carboxylic acids is 2. The first-order chi connectivity index (χ1) is 10.1. The molecule has 21 heavy (non-hydrogen) atoms. The molecule has 114 valence electrons. The van der Waals surface area contributed by atoms with Crippen molar-refractivity contribution in [2.45, 2.75) is 25.8 Å². The van der Waals surface area contributed by atoms with Crippen LogP contribution in [-0.2, 0) is 20.7 Å². The molecule has 0 aromatic heterocycles. The van der Waals surface area contributed by atoms with E-state index in [9.17, 15) is 9.59 Å². The van der Waals surface area contributed by atoms with E-state index in [1.54, 1.807) is 19.2 Å². The summed E-state index contributed by atoms with van der Waals surface area (Å²) < 4.78 is 10.4. The normalized spacial score (nSPS) is 14.9. The zero-order chi connectivity index (χ0) is 15.2. The number of hydrogen-bond donors (Lipinski definition) is 2. The average molecular weight is 292 g/mol. The van der Waals surface area contributed by atoms with Gasteiger partial charge in [0.1, 0.15) is 5.75 Å². The van der Waals surface area contributed by atoms with E-state index in [1.165, 1.54) is 0 Å². The molecule has 0 fully saturated rings. The lowest BCUT2D eigenvalue weighted by Crippen LogP contribution is -2.38. The standard InChI is InChI=1S/C15H20N2O4/c1-10(8-20-2)16-15(19)9-21-12-4-5-13-11(7-12)3-6-14(18)17-13/h4-5,7,10H,3,6,8-9H2,1-2H3,(H,16,19)(H,17,18)/t10-/m1/s1. The molecule has 2 N–H and O–H groups in total. The molecule has 1 heterocycles. The SMILES string of the molecule is COC[C@@H](C)NC(=O)COc1ccc2c(c1)CCC(=O)N2. The van der Waals surface area contributed by atoms with E-state index in [0.717, 1.165) is 11.3 Å². The number of methoxy groups -OCH3 is 1. The van der Waals surface area contributed by atoms with Crippen LogP contribution in [0.4, 0.5) is 5.69 Å². The zero-order valence-corrected chi connectivity index (χ0v) is 12.3. The number of anilines is 1. The van der Waals surface area contributed by atoms with Crippen molar-refractivity contribution in [2.24, 2.45) is 0 Å². The highest BCUT2D eigenvalue weighted by molar-refractivity contribution is 5.94. The first-order valence-corrected chi connectivity index (χ1v) is 6.92. The van der Waals surface area contributed by atoms with Gasteiger partial charge in [-0.3, -0.25) is 9.59 Å². The van der Waals surface area contributed by atoms with Crippen LogP contribution in [0.3, 0.4) is 0 Å². The molecule has 0 aliphatic carbocycles. The Morgan fingerprint density at radius 1 is 1.43 bits per heavy atom. The fourth-order valence-corrected chi connectivity index (χ4v) is 2.21. The Labute approximate surface area is 123 Å². The first-order valence-electron chi connectivity index (χ1n) is 6.92. The third-order valence-corrected chi connectivity index (χ3v) is 3.17. The van der Waals surface area contributed by atoms with E-state index >= 15 is 0 Å². The predicted octanol–water partition coefficient (Wildman–Crippen LogP) is 1.10. The van der Waals surface area contributed by atoms with E-state index in [2.05, 4.69) is 10.6 Å². The van der Waals surface area contributed by atoms with Crippen molar-refractivity contribution in [1.29, 1.82) is 0 Å². The summed E-state index contributed by atoms with van der Waals surface area (Å²) in [5.41, 5.74) is 1.84. The molecule has 1 aromatic carbocycles. The van der Waals surface area contributed by atoms with Crippen molar-refractivity contribution in [2.75, 3.05) is 25.6 Å². The minimum atomic E-state index is -0.189. The topological polar surface area (TPSA) is 76.7 Å². The summed E-state index contributed by atoms with van der Waals surface area (Å²) in [7, 11) is 1.59. The highest BCUT2D eigenvalue weighted by Crippen LogP contribution is 2.26. The van der Waals surface area contributed by atoms with Crippen LogP contribution in [0.5, 0.6) is 5.75 Å². The monoisotopic (exact) mass is 292 g/mol. The fraction of sp³-hybridized carbons (Fsp3) is 0.467. The molecule has 0 bridgehead atoms. The quantitative estimate of drug-likeness (QED) is 0.823. The zero-order valence-electron chi connectivity index (χ0n) is 12.3. The number of benzene rings is 1. The van der Waals surface area contributed by atoms with Crippen molar-refractivity contribution in [3.05, 3.63) is 23.8 Å². The molecule has 0 saturated heterocycles. The minimum absolute atomic E-state index is 0.0303. The lowest BCUT2D eigenvalue weighted by atomic mass is 10.0. The molecule has 1 aliphatic heterocycles. The summed E-state index contributed by atoms with van der Waals surface area (Å²) in [5.74, 6) is 0.465. The number of carbonyl (C=O) groups is 2. The largest absolute Gasteiger partial charge is 0.484 e. The number of hydrogen-bond acceptors (Lipinski definition) is 4. The molecule has 1 aliphatic rings. The number of ether oxygens (including phenoxy) is 2. The molecular weight excluding hydrogens is 272 g/mol. The highest BCUT2D eigenvalue weighted by atomic mass is 16.5. The van der Waals surface area contributed by atoms with E-state index in [4.69, 9.17) is 9.47 Å². The molecule has 2 amide bonds. The van der Waals surface area contributed by atoms with Gasteiger partial charge in [0.2, 0.25) is 5.91 Å². The number of fused-ring (bicyclic) bond motifs is 1. The van der Waals surface area contributed by atoms with E-state index < -0.39 is 0 Å². The summed E-state index contributed by atoms with van der Waals surface area (Å²) >= 11 is 0. The smallest absolute Gasteiger partial charge is 0.258 e. The van der Waals surface area contributed by atoms with Crippen molar-refractivity contribution in [3.8, 4) is 5.75 Å². The van der Waals surface area contributed by atoms with Crippen molar-refractivity contribution >= 4 is 17.5 Å². The van der Waals surface area contributed by atoms with E-state index in [0.29, 0.717) is 25.2 Å². The second-order valence-corrected chi connectivity index (χ2v) is 5.08. The van der Waals surface area contributed by atoms with E-state index in [1.807, 2.05) is 13.0 Å². The third kappa shape index (κ3) is 4.46. The van der Waals surface area contributed by atoms with Crippen LogP contribution in [0, 0.1) is 0 Å². The lowest BCUT2D eigenvalue weighted by molar-refractivity contribution is -0.124. The Hall–Kier alpha value is -2.08. The number of aryl methyl sites for hydroxylation is 1. The maximum absolute atomic E-state index is 11.7. The average Bonchev–Trinajstić information content (AvgIpc) is 2.45. The third-order valence-electron chi connectivity index (χ3n) is 3.17.